The summed E-state index contributed by atoms with van der Waals surface area (Å²) in [6, 6.07) is 9.47. The summed E-state index contributed by atoms with van der Waals surface area (Å²) in [6.07, 6.45) is 1.47. The van der Waals surface area contributed by atoms with E-state index >= 15 is 0 Å². The van der Waals surface area contributed by atoms with Crippen LogP contribution in [0.15, 0.2) is 53.9 Å². The second-order valence-corrected chi connectivity index (χ2v) is 8.34. The van der Waals surface area contributed by atoms with Crippen molar-refractivity contribution in [2.45, 2.75) is 19.9 Å². The first-order chi connectivity index (χ1) is 13.8. The number of hydrogen-bond acceptors (Lipinski definition) is 5. The van der Waals surface area contributed by atoms with Gasteiger partial charge in [-0.15, -0.1) is 0 Å². The Labute approximate surface area is 169 Å². The zero-order valence-corrected chi connectivity index (χ0v) is 17.0. The highest BCUT2D eigenvalue weighted by molar-refractivity contribution is 7.94. The predicted octanol–water partition coefficient (Wildman–Crippen LogP) is 3.58. The molecule has 0 saturated heterocycles. The van der Waals surface area contributed by atoms with Crippen LogP contribution in [-0.2, 0) is 9.84 Å². The first-order valence-electron chi connectivity index (χ1n) is 9.24. The number of ether oxygens (including phenoxy) is 2. The van der Waals surface area contributed by atoms with Crippen LogP contribution >= 0.6 is 0 Å². The van der Waals surface area contributed by atoms with Crippen molar-refractivity contribution in [1.29, 1.82) is 0 Å². The standard InChI is InChI=1S/C21H22FNO5S/c1-3-27-19-10-5-15(13-20(19)28-4-2)21(24)23(17-8-6-16(22)7-9-17)18-11-12-29(25,26)14-18/h5-13,18H,3-4,14H2,1-2H3/t18-/m1/s1. The van der Waals surface area contributed by atoms with Crippen molar-refractivity contribution < 1.29 is 27.1 Å². The lowest BCUT2D eigenvalue weighted by molar-refractivity contribution is 0.0982. The van der Waals surface area contributed by atoms with Crippen LogP contribution in [0.4, 0.5) is 10.1 Å². The number of rotatable bonds is 7. The molecule has 29 heavy (non-hydrogen) atoms. The molecule has 0 aliphatic carbocycles. The average molecular weight is 419 g/mol. The highest BCUT2D eigenvalue weighted by Gasteiger charge is 2.32. The molecule has 1 heterocycles. The molecule has 154 valence electrons. The molecule has 0 spiro atoms. The molecule has 0 N–H and O–H groups in total. The van der Waals surface area contributed by atoms with E-state index in [-0.39, 0.29) is 5.75 Å². The van der Waals surface area contributed by atoms with Crippen molar-refractivity contribution in [3.63, 3.8) is 0 Å². The number of halogens is 1. The van der Waals surface area contributed by atoms with Gasteiger partial charge in [0.15, 0.2) is 21.3 Å². The van der Waals surface area contributed by atoms with E-state index in [4.69, 9.17) is 9.47 Å². The number of benzene rings is 2. The van der Waals surface area contributed by atoms with Crippen LogP contribution < -0.4 is 14.4 Å². The zero-order chi connectivity index (χ0) is 21.0. The third-order valence-electron chi connectivity index (χ3n) is 4.36. The third-order valence-corrected chi connectivity index (χ3v) is 5.73. The van der Waals surface area contributed by atoms with E-state index in [1.165, 1.54) is 35.2 Å². The molecule has 1 amide bonds. The third kappa shape index (κ3) is 4.76. The van der Waals surface area contributed by atoms with E-state index in [9.17, 15) is 17.6 Å². The molecule has 2 aromatic carbocycles. The molecule has 0 radical (unpaired) electrons. The fourth-order valence-corrected chi connectivity index (χ4v) is 4.37. The van der Waals surface area contributed by atoms with Crippen LogP contribution in [0, 0.1) is 5.82 Å². The smallest absolute Gasteiger partial charge is 0.258 e. The molecule has 3 rings (SSSR count). The maximum Gasteiger partial charge on any atom is 0.258 e. The van der Waals surface area contributed by atoms with Gasteiger partial charge in [0.1, 0.15) is 5.82 Å². The largest absolute Gasteiger partial charge is 0.490 e. The van der Waals surface area contributed by atoms with Crippen molar-refractivity contribution in [2.24, 2.45) is 0 Å². The zero-order valence-electron chi connectivity index (χ0n) is 16.2. The summed E-state index contributed by atoms with van der Waals surface area (Å²) in [5, 5.41) is 1.10. The normalized spacial score (nSPS) is 17.1. The van der Waals surface area contributed by atoms with Crippen LogP contribution in [0.3, 0.4) is 0 Å². The molecule has 0 saturated carbocycles. The van der Waals surface area contributed by atoms with Crippen LogP contribution in [0.1, 0.15) is 24.2 Å². The van der Waals surface area contributed by atoms with Crippen molar-refractivity contribution in [3.05, 3.63) is 65.3 Å². The number of carbonyl (C=O) groups excluding carboxylic acids is 1. The Morgan fingerprint density at radius 3 is 2.31 bits per heavy atom. The second-order valence-electron chi connectivity index (χ2n) is 6.40. The average Bonchev–Trinajstić information content (AvgIpc) is 3.04. The number of hydrogen-bond donors (Lipinski definition) is 0. The van der Waals surface area contributed by atoms with Gasteiger partial charge in [0, 0.05) is 16.7 Å². The van der Waals surface area contributed by atoms with Gasteiger partial charge in [0.2, 0.25) is 0 Å². The maximum absolute atomic E-state index is 13.4. The second kappa shape index (κ2) is 8.65. The van der Waals surface area contributed by atoms with Gasteiger partial charge in [0.25, 0.3) is 5.91 Å². The Hall–Kier alpha value is -2.87. The Bertz CT molecular complexity index is 1020. The molecule has 0 fully saturated rings. The molecule has 0 bridgehead atoms. The summed E-state index contributed by atoms with van der Waals surface area (Å²) < 4.78 is 48.3. The van der Waals surface area contributed by atoms with Crippen LogP contribution in [-0.4, -0.2) is 39.3 Å². The van der Waals surface area contributed by atoms with E-state index < -0.39 is 27.6 Å². The van der Waals surface area contributed by atoms with Gasteiger partial charge in [-0.3, -0.25) is 4.79 Å². The SMILES string of the molecule is CCOc1ccc(C(=O)N(c2ccc(F)cc2)[C@@H]2C=CS(=O)(=O)C2)cc1OCC. The number of nitrogens with zero attached hydrogens (tertiary/aromatic N) is 1. The Morgan fingerprint density at radius 2 is 1.72 bits per heavy atom. The van der Waals surface area contributed by atoms with Gasteiger partial charge in [-0.2, -0.15) is 0 Å². The number of anilines is 1. The minimum absolute atomic E-state index is 0.231. The molecular formula is C21H22FNO5S. The van der Waals surface area contributed by atoms with E-state index in [1.54, 1.807) is 18.2 Å². The van der Waals surface area contributed by atoms with E-state index in [0.717, 1.165) is 5.41 Å². The summed E-state index contributed by atoms with van der Waals surface area (Å²) in [7, 11) is -3.40. The van der Waals surface area contributed by atoms with E-state index in [2.05, 4.69) is 0 Å². The van der Waals surface area contributed by atoms with Gasteiger partial charge in [0.05, 0.1) is 25.0 Å². The predicted molar refractivity (Wildman–Crippen MR) is 109 cm³/mol. The Morgan fingerprint density at radius 1 is 1.07 bits per heavy atom. The van der Waals surface area contributed by atoms with Gasteiger partial charge in [-0.1, -0.05) is 0 Å². The summed E-state index contributed by atoms with van der Waals surface area (Å²) >= 11 is 0. The molecule has 6 nitrogen and oxygen atoms in total. The highest BCUT2D eigenvalue weighted by atomic mass is 32.2. The molecule has 0 aromatic heterocycles. The van der Waals surface area contributed by atoms with Gasteiger partial charge >= 0.3 is 0 Å². The monoisotopic (exact) mass is 419 g/mol. The van der Waals surface area contributed by atoms with Crippen molar-refractivity contribution >= 4 is 21.4 Å². The topological polar surface area (TPSA) is 72.9 Å². The summed E-state index contributed by atoms with van der Waals surface area (Å²) in [5.74, 6) is -0.162. The minimum Gasteiger partial charge on any atom is -0.490 e. The van der Waals surface area contributed by atoms with Gasteiger partial charge in [-0.05, 0) is 62.4 Å². The maximum atomic E-state index is 13.4. The molecule has 1 atom stereocenters. The lowest BCUT2D eigenvalue weighted by atomic mass is 10.1. The van der Waals surface area contributed by atoms with Crippen molar-refractivity contribution in [1.82, 2.24) is 0 Å². The summed E-state index contributed by atoms with van der Waals surface area (Å²) in [6.45, 7) is 4.50. The molecule has 0 unspecified atom stereocenters. The van der Waals surface area contributed by atoms with Gasteiger partial charge in [-0.25, -0.2) is 12.8 Å². The lowest BCUT2D eigenvalue weighted by Crippen LogP contribution is -2.41. The van der Waals surface area contributed by atoms with Crippen LogP contribution in [0.2, 0.25) is 0 Å². The van der Waals surface area contributed by atoms with Crippen LogP contribution in [0.25, 0.3) is 0 Å². The molecule has 8 heteroatoms. The van der Waals surface area contributed by atoms with Crippen molar-refractivity contribution in [2.75, 3.05) is 23.9 Å². The molecule has 1 aliphatic rings. The molecular weight excluding hydrogens is 397 g/mol. The van der Waals surface area contributed by atoms with Crippen molar-refractivity contribution in [3.8, 4) is 11.5 Å². The molecule has 1 aliphatic heterocycles. The van der Waals surface area contributed by atoms with E-state index in [0.29, 0.717) is 36.0 Å². The Balaban J connectivity index is 2.01. The number of sulfone groups is 1. The first-order valence-corrected chi connectivity index (χ1v) is 11.0. The molecule has 2 aromatic rings. The quantitative estimate of drug-likeness (QED) is 0.686. The minimum atomic E-state index is -3.40. The fraction of sp³-hybridized carbons (Fsp3) is 0.286. The van der Waals surface area contributed by atoms with Crippen LogP contribution in [0.5, 0.6) is 11.5 Å². The summed E-state index contributed by atoms with van der Waals surface area (Å²) in [4.78, 5) is 14.7. The van der Waals surface area contributed by atoms with E-state index in [1.807, 2.05) is 13.8 Å². The Kier molecular flexibility index (Phi) is 6.22. The summed E-state index contributed by atoms with van der Waals surface area (Å²) in [5.41, 5.74) is 0.703. The number of carbonyl (C=O) groups is 1. The highest BCUT2D eigenvalue weighted by Crippen LogP contribution is 2.31. The lowest BCUT2D eigenvalue weighted by Gasteiger charge is -2.28. The number of amides is 1. The van der Waals surface area contributed by atoms with Gasteiger partial charge < -0.3 is 14.4 Å². The first kappa shape index (κ1) is 20.9. The fourth-order valence-electron chi connectivity index (χ4n) is 3.10.